The Labute approximate surface area is 154 Å². The van der Waals surface area contributed by atoms with Crippen molar-refractivity contribution in [1.82, 2.24) is 30.3 Å². The summed E-state index contributed by atoms with van der Waals surface area (Å²) in [6.45, 7) is 9.52. The molecule has 2 aromatic rings. The van der Waals surface area contributed by atoms with Gasteiger partial charge in [-0.25, -0.2) is 9.97 Å². The number of nitrogens with one attached hydrogen (secondary N) is 1. The average molecular weight is 359 g/mol. The van der Waals surface area contributed by atoms with Gasteiger partial charge in [-0.1, -0.05) is 25.9 Å². The molecule has 0 radical (unpaired) electrons. The lowest BCUT2D eigenvalue weighted by Gasteiger charge is -2.29. The minimum Gasteiger partial charge on any atom is -0.384 e. The van der Waals surface area contributed by atoms with Crippen LogP contribution in [0, 0.1) is 0 Å². The zero-order valence-corrected chi connectivity index (χ0v) is 15.9. The predicted molar refractivity (Wildman–Crippen MR) is 99.2 cm³/mol. The van der Waals surface area contributed by atoms with Crippen LogP contribution in [-0.2, 0) is 18.5 Å². The van der Waals surface area contributed by atoms with Gasteiger partial charge in [0, 0.05) is 17.7 Å². The number of anilines is 1. The van der Waals surface area contributed by atoms with E-state index in [0.717, 1.165) is 44.0 Å². The number of aromatic nitrogens is 4. The molecule has 1 atom stereocenters. The first-order chi connectivity index (χ1) is 12.4. The van der Waals surface area contributed by atoms with Crippen molar-refractivity contribution in [1.29, 1.82) is 0 Å². The fraction of sp³-hybridized carbons (Fsp3) is 0.667. The van der Waals surface area contributed by atoms with Gasteiger partial charge in [-0.05, 0) is 38.4 Å². The maximum atomic E-state index is 5.82. The molecule has 3 rings (SSSR count). The van der Waals surface area contributed by atoms with Gasteiger partial charge < -0.3 is 15.6 Å². The van der Waals surface area contributed by atoms with Crippen LogP contribution < -0.4 is 11.1 Å². The van der Waals surface area contributed by atoms with Gasteiger partial charge in [-0.3, -0.25) is 4.90 Å². The van der Waals surface area contributed by atoms with Crippen LogP contribution in [0.2, 0.25) is 0 Å². The quantitative estimate of drug-likeness (QED) is 0.833. The van der Waals surface area contributed by atoms with E-state index in [4.69, 9.17) is 10.3 Å². The van der Waals surface area contributed by atoms with Crippen LogP contribution in [0.4, 0.5) is 5.82 Å². The predicted octanol–water partition coefficient (Wildman–Crippen LogP) is 1.88. The highest BCUT2D eigenvalue weighted by atomic mass is 16.5. The molecular formula is C18H29N7O. The lowest BCUT2D eigenvalue weighted by molar-refractivity contribution is 0.140. The zero-order chi connectivity index (χ0) is 18.6. The van der Waals surface area contributed by atoms with Crippen LogP contribution in [0.5, 0.6) is 0 Å². The third kappa shape index (κ3) is 4.98. The van der Waals surface area contributed by atoms with Gasteiger partial charge in [0.1, 0.15) is 11.6 Å². The summed E-state index contributed by atoms with van der Waals surface area (Å²) in [4.78, 5) is 15.7. The van der Waals surface area contributed by atoms with E-state index < -0.39 is 0 Å². The fourth-order valence-corrected chi connectivity index (χ4v) is 3.15. The molecule has 1 fully saturated rings. The molecule has 0 amide bonds. The van der Waals surface area contributed by atoms with Crippen molar-refractivity contribution in [3.63, 3.8) is 0 Å². The maximum Gasteiger partial charge on any atom is 0.240 e. The molecule has 142 valence electrons. The van der Waals surface area contributed by atoms with Crippen molar-refractivity contribution in [3.8, 4) is 0 Å². The Morgan fingerprint density at radius 3 is 2.81 bits per heavy atom. The number of nitrogen functional groups attached to an aromatic ring is 1. The second-order valence-electron chi connectivity index (χ2n) is 7.90. The Morgan fingerprint density at radius 1 is 1.23 bits per heavy atom. The third-order valence-electron chi connectivity index (χ3n) is 4.61. The van der Waals surface area contributed by atoms with Crippen LogP contribution >= 0.6 is 0 Å². The van der Waals surface area contributed by atoms with Gasteiger partial charge in [-0.2, -0.15) is 4.98 Å². The molecule has 0 saturated carbocycles. The summed E-state index contributed by atoms with van der Waals surface area (Å²) in [6.07, 6.45) is 5.04. The van der Waals surface area contributed by atoms with Crippen LogP contribution in [0.15, 0.2) is 16.8 Å². The Balaban J connectivity index is 1.78. The molecule has 1 aliphatic heterocycles. The van der Waals surface area contributed by atoms with Crippen LogP contribution in [0.3, 0.4) is 0 Å². The van der Waals surface area contributed by atoms with Crippen LogP contribution in [0.25, 0.3) is 0 Å². The molecule has 26 heavy (non-hydrogen) atoms. The van der Waals surface area contributed by atoms with E-state index in [1.807, 2.05) is 0 Å². The van der Waals surface area contributed by atoms with E-state index in [1.54, 1.807) is 12.3 Å². The molecule has 0 aliphatic carbocycles. The van der Waals surface area contributed by atoms with E-state index in [-0.39, 0.29) is 5.41 Å². The van der Waals surface area contributed by atoms with Crippen molar-refractivity contribution >= 4 is 5.82 Å². The van der Waals surface area contributed by atoms with Crippen LogP contribution in [-0.4, -0.2) is 44.1 Å². The summed E-state index contributed by atoms with van der Waals surface area (Å²) in [5, 5.41) is 7.61. The summed E-state index contributed by atoms with van der Waals surface area (Å²) in [5.74, 6) is 2.58. The van der Waals surface area contributed by atoms with Crippen LogP contribution in [0.1, 0.15) is 57.6 Å². The minimum absolute atomic E-state index is 0.129. The number of nitrogens with two attached hydrogens (primary N) is 1. The lowest BCUT2D eigenvalue weighted by Crippen LogP contribution is -2.35. The number of hydrogen-bond donors (Lipinski definition) is 2. The standard InChI is InChI=1S/C18H29N7O/c1-18(2,3)17-23-16(26-24-17)12-25(13-5-4-8-20-9-6-13)11-15-21-10-7-14(19)22-15/h7,10,13,20H,4-6,8-9,11-12H2,1-3H3,(H2,19,21,22). The molecule has 8 nitrogen and oxygen atoms in total. The van der Waals surface area contributed by atoms with Gasteiger partial charge in [0.2, 0.25) is 5.89 Å². The van der Waals surface area contributed by atoms with E-state index in [2.05, 4.69) is 51.1 Å². The smallest absolute Gasteiger partial charge is 0.240 e. The van der Waals surface area contributed by atoms with Gasteiger partial charge in [0.15, 0.2) is 5.82 Å². The van der Waals surface area contributed by atoms with Gasteiger partial charge in [-0.15, -0.1) is 0 Å². The average Bonchev–Trinajstić information content (AvgIpc) is 2.89. The maximum absolute atomic E-state index is 5.82. The normalized spacial score (nSPS) is 18.8. The minimum atomic E-state index is -0.129. The summed E-state index contributed by atoms with van der Waals surface area (Å²) < 4.78 is 5.52. The second kappa shape index (κ2) is 8.09. The van der Waals surface area contributed by atoms with E-state index in [9.17, 15) is 0 Å². The Hall–Kier alpha value is -2.06. The largest absolute Gasteiger partial charge is 0.384 e. The van der Waals surface area contributed by atoms with Gasteiger partial charge in [0.05, 0.1) is 13.1 Å². The molecule has 2 aromatic heterocycles. The van der Waals surface area contributed by atoms with Gasteiger partial charge >= 0.3 is 0 Å². The number of rotatable bonds is 5. The summed E-state index contributed by atoms with van der Waals surface area (Å²) in [5.41, 5.74) is 5.69. The molecule has 1 unspecified atom stereocenters. The zero-order valence-electron chi connectivity index (χ0n) is 15.9. The number of hydrogen-bond acceptors (Lipinski definition) is 8. The van der Waals surface area contributed by atoms with E-state index >= 15 is 0 Å². The molecule has 1 saturated heterocycles. The molecule has 0 aromatic carbocycles. The Morgan fingerprint density at radius 2 is 2.08 bits per heavy atom. The second-order valence-corrected chi connectivity index (χ2v) is 7.90. The monoisotopic (exact) mass is 359 g/mol. The first kappa shape index (κ1) is 18.7. The molecular weight excluding hydrogens is 330 g/mol. The molecule has 1 aliphatic rings. The molecule has 3 heterocycles. The topological polar surface area (TPSA) is 106 Å². The van der Waals surface area contributed by atoms with E-state index in [0.29, 0.717) is 30.8 Å². The van der Waals surface area contributed by atoms with E-state index in [1.165, 1.54) is 0 Å². The highest BCUT2D eigenvalue weighted by molar-refractivity contribution is 5.25. The molecule has 0 spiro atoms. The molecule has 3 N–H and O–H groups in total. The molecule has 8 heteroatoms. The van der Waals surface area contributed by atoms with Crippen molar-refractivity contribution in [2.45, 2.75) is 64.6 Å². The fourth-order valence-electron chi connectivity index (χ4n) is 3.15. The van der Waals surface area contributed by atoms with Crippen molar-refractivity contribution in [2.24, 2.45) is 0 Å². The van der Waals surface area contributed by atoms with Gasteiger partial charge in [0.25, 0.3) is 0 Å². The molecule has 0 bridgehead atoms. The lowest BCUT2D eigenvalue weighted by atomic mass is 9.96. The van der Waals surface area contributed by atoms with Crippen molar-refractivity contribution in [2.75, 3.05) is 18.8 Å². The third-order valence-corrected chi connectivity index (χ3v) is 4.61. The summed E-state index contributed by atoms with van der Waals surface area (Å²) in [7, 11) is 0. The highest BCUT2D eigenvalue weighted by Crippen LogP contribution is 2.22. The first-order valence-corrected chi connectivity index (χ1v) is 9.27. The first-order valence-electron chi connectivity index (χ1n) is 9.27. The SMILES string of the molecule is CC(C)(C)c1noc(CN(Cc2nccc(N)n2)C2CCCNCC2)n1. The Kier molecular flexibility index (Phi) is 5.83. The Bertz CT molecular complexity index is 702. The van der Waals surface area contributed by atoms with Crippen molar-refractivity contribution in [3.05, 3.63) is 29.8 Å². The highest BCUT2D eigenvalue weighted by Gasteiger charge is 2.26. The number of nitrogens with zero attached hydrogens (tertiary/aromatic N) is 5. The van der Waals surface area contributed by atoms with Crippen molar-refractivity contribution < 1.29 is 4.52 Å². The summed E-state index contributed by atoms with van der Waals surface area (Å²) in [6, 6.07) is 2.12. The summed E-state index contributed by atoms with van der Waals surface area (Å²) >= 11 is 0.